The highest BCUT2D eigenvalue weighted by Gasteiger charge is 2.11. The van der Waals surface area contributed by atoms with Crippen LogP contribution in [0.25, 0.3) is 22.3 Å². The Morgan fingerprint density at radius 1 is 0.857 bits per heavy atom. The molecule has 0 saturated heterocycles. The second-order valence-electron chi connectivity index (χ2n) is 6.11. The van der Waals surface area contributed by atoms with Crippen molar-refractivity contribution >= 4 is 44.0 Å². The summed E-state index contributed by atoms with van der Waals surface area (Å²) in [6, 6.07) is 21.1. The number of nitrogens with two attached hydrogens (primary N) is 1. The van der Waals surface area contributed by atoms with Gasteiger partial charge < -0.3 is 5.32 Å². The van der Waals surface area contributed by atoms with Crippen LogP contribution in [0.1, 0.15) is 0 Å². The van der Waals surface area contributed by atoms with Gasteiger partial charge >= 0.3 is 0 Å². The summed E-state index contributed by atoms with van der Waals surface area (Å²) in [6.07, 6.45) is 0. The van der Waals surface area contributed by atoms with Gasteiger partial charge in [-0.2, -0.15) is 0 Å². The molecule has 140 valence electrons. The monoisotopic (exact) mass is 410 g/mol. The Hall–Kier alpha value is -3.00. The van der Waals surface area contributed by atoms with E-state index < -0.39 is 10.0 Å². The minimum Gasteiger partial charge on any atom is -0.340 e. The summed E-state index contributed by atoms with van der Waals surface area (Å²) in [6.45, 7) is 0. The number of aromatic nitrogens is 2. The fourth-order valence-electron chi connectivity index (χ4n) is 2.76. The number of fused-ring (bicyclic) bond motifs is 1. The molecule has 0 fully saturated rings. The number of rotatable bonds is 4. The summed E-state index contributed by atoms with van der Waals surface area (Å²) in [7, 11) is -3.74. The maximum atomic E-state index is 11.4. The van der Waals surface area contributed by atoms with Crippen molar-refractivity contribution in [2.75, 3.05) is 5.32 Å². The lowest BCUT2D eigenvalue weighted by Crippen LogP contribution is -2.11. The van der Waals surface area contributed by atoms with Gasteiger partial charge in [0.1, 0.15) is 5.82 Å². The maximum absolute atomic E-state index is 11.4. The van der Waals surface area contributed by atoms with Crippen molar-refractivity contribution in [3.8, 4) is 11.4 Å². The van der Waals surface area contributed by atoms with Crippen LogP contribution in [0.4, 0.5) is 11.5 Å². The van der Waals surface area contributed by atoms with E-state index in [-0.39, 0.29) is 4.90 Å². The lowest BCUT2D eigenvalue weighted by atomic mass is 10.2. The molecule has 0 atom stereocenters. The number of nitrogens with one attached hydrogen (secondary N) is 1. The minimum absolute atomic E-state index is 0.0486. The number of benzene rings is 3. The fourth-order valence-corrected chi connectivity index (χ4v) is 3.41. The molecule has 6 nitrogen and oxygen atoms in total. The van der Waals surface area contributed by atoms with Crippen molar-refractivity contribution in [1.82, 2.24) is 9.97 Å². The van der Waals surface area contributed by atoms with Crippen molar-refractivity contribution in [2.24, 2.45) is 5.14 Å². The highest BCUT2D eigenvalue weighted by atomic mass is 35.5. The molecule has 1 heterocycles. The van der Waals surface area contributed by atoms with Gasteiger partial charge in [0.25, 0.3) is 0 Å². The SMILES string of the molecule is NS(=O)(=O)c1ccc(Nc2nc(-c3ccc(Cl)cc3)nc3ccccc23)cc1. The van der Waals surface area contributed by atoms with Gasteiger partial charge in [0.15, 0.2) is 5.82 Å². The van der Waals surface area contributed by atoms with Crippen molar-refractivity contribution in [1.29, 1.82) is 0 Å². The van der Waals surface area contributed by atoms with Crippen LogP contribution < -0.4 is 10.5 Å². The number of hydrogen-bond donors (Lipinski definition) is 2. The van der Waals surface area contributed by atoms with Gasteiger partial charge in [-0.25, -0.2) is 23.5 Å². The molecule has 0 radical (unpaired) electrons. The van der Waals surface area contributed by atoms with E-state index in [9.17, 15) is 8.42 Å². The highest BCUT2D eigenvalue weighted by molar-refractivity contribution is 7.89. The van der Waals surface area contributed by atoms with Crippen LogP contribution in [0.5, 0.6) is 0 Å². The molecule has 4 rings (SSSR count). The van der Waals surface area contributed by atoms with Crippen LogP contribution in [0.2, 0.25) is 5.02 Å². The van der Waals surface area contributed by atoms with Crippen LogP contribution in [0.15, 0.2) is 77.7 Å². The summed E-state index contributed by atoms with van der Waals surface area (Å²) in [5.74, 6) is 1.16. The zero-order chi connectivity index (χ0) is 19.7. The normalized spacial score (nSPS) is 11.5. The molecule has 28 heavy (non-hydrogen) atoms. The fraction of sp³-hybridized carbons (Fsp3) is 0. The van der Waals surface area contributed by atoms with Gasteiger partial charge in [0.05, 0.1) is 10.4 Å². The molecule has 0 amide bonds. The summed E-state index contributed by atoms with van der Waals surface area (Å²) >= 11 is 5.97. The van der Waals surface area contributed by atoms with E-state index in [1.165, 1.54) is 12.1 Å². The van der Waals surface area contributed by atoms with E-state index in [0.29, 0.717) is 22.4 Å². The smallest absolute Gasteiger partial charge is 0.238 e. The average molecular weight is 411 g/mol. The van der Waals surface area contributed by atoms with Gasteiger partial charge in [-0.1, -0.05) is 23.7 Å². The van der Waals surface area contributed by atoms with E-state index in [0.717, 1.165) is 16.5 Å². The highest BCUT2D eigenvalue weighted by Crippen LogP contribution is 2.28. The van der Waals surface area contributed by atoms with Crippen LogP contribution in [-0.2, 0) is 10.0 Å². The standard InChI is InChI=1S/C20H15ClN4O2S/c21-14-7-5-13(6-8-14)19-24-18-4-2-1-3-17(18)20(25-19)23-15-9-11-16(12-10-15)28(22,26)27/h1-12H,(H2,22,26,27)(H,23,24,25). The number of para-hydroxylation sites is 1. The molecular weight excluding hydrogens is 396 g/mol. The Morgan fingerprint density at radius 2 is 1.54 bits per heavy atom. The van der Waals surface area contributed by atoms with Crippen molar-refractivity contribution in [3.05, 3.63) is 77.8 Å². The van der Waals surface area contributed by atoms with E-state index >= 15 is 0 Å². The molecule has 1 aromatic heterocycles. The molecule has 0 bridgehead atoms. The average Bonchev–Trinajstić information content (AvgIpc) is 2.68. The van der Waals surface area contributed by atoms with E-state index in [1.807, 2.05) is 36.4 Å². The molecule has 0 saturated carbocycles. The second-order valence-corrected chi connectivity index (χ2v) is 8.11. The van der Waals surface area contributed by atoms with Crippen LogP contribution >= 0.6 is 11.6 Å². The Morgan fingerprint density at radius 3 is 2.21 bits per heavy atom. The second kappa shape index (κ2) is 7.20. The third-order valence-electron chi connectivity index (χ3n) is 4.15. The molecule has 8 heteroatoms. The Kier molecular flexibility index (Phi) is 4.72. The number of hydrogen-bond acceptors (Lipinski definition) is 5. The number of sulfonamides is 1. The molecule has 4 aromatic rings. The molecule has 3 N–H and O–H groups in total. The van der Waals surface area contributed by atoms with Gasteiger partial charge in [0, 0.05) is 21.7 Å². The Bertz CT molecular complexity index is 1260. The molecule has 0 aliphatic carbocycles. The number of anilines is 2. The third kappa shape index (κ3) is 3.82. The molecule has 0 aliphatic heterocycles. The zero-order valence-electron chi connectivity index (χ0n) is 14.5. The largest absolute Gasteiger partial charge is 0.340 e. The van der Waals surface area contributed by atoms with E-state index in [2.05, 4.69) is 15.3 Å². The van der Waals surface area contributed by atoms with Crippen LogP contribution in [-0.4, -0.2) is 18.4 Å². The molecule has 0 aliphatic rings. The Balaban J connectivity index is 1.78. The predicted molar refractivity (Wildman–Crippen MR) is 111 cm³/mol. The van der Waals surface area contributed by atoms with Crippen molar-refractivity contribution < 1.29 is 8.42 Å². The predicted octanol–water partition coefficient (Wildman–Crippen LogP) is 4.34. The molecule has 0 unspecified atom stereocenters. The zero-order valence-corrected chi connectivity index (χ0v) is 16.1. The number of nitrogens with zero attached hydrogens (tertiary/aromatic N) is 2. The molecular formula is C20H15ClN4O2S. The van der Waals surface area contributed by atoms with Gasteiger partial charge in [-0.05, 0) is 60.7 Å². The van der Waals surface area contributed by atoms with E-state index in [1.54, 1.807) is 24.3 Å². The van der Waals surface area contributed by atoms with E-state index in [4.69, 9.17) is 16.7 Å². The first kappa shape index (κ1) is 18.4. The maximum Gasteiger partial charge on any atom is 0.238 e. The lowest BCUT2D eigenvalue weighted by molar-refractivity contribution is 0.598. The van der Waals surface area contributed by atoms with Gasteiger partial charge in [-0.15, -0.1) is 0 Å². The first-order chi connectivity index (χ1) is 13.4. The number of primary sulfonamides is 1. The summed E-state index contributed by atoms with van der Waals surface area (Å²) in [5.41, 5.74) is 2.30. The quantitative estimate of drug-likeness (QED) is 0.521. The van der Waals surface area contributed by atoms with Crippen LogP contribution in [0.3, 0.4) is 0 Å². The lowest BCUT2D eigenvalue weighted by Gasteiger charge is -2.11. The van der Waals surface area contributed by atoms with Gasteiger partial charge in [0.2, 0.25) is 10.0 Å². The van der Waals surface area contributed by atoms with Crippen molar-refractivity contribution in [3.63, 3.8) is 0 Å². The number of halogens is 1. The first-order valence-electron chi connectivity index (χ1n) is 8.33. The Labute approximate surface area is 167 Å². The minimum atomic E-state index is -3.74. The molecule has 0 spiro atoms. The van der Waals surface area contributed by atoms with Crippen molar-refractivity contribution in [2.45, 2.75) is 4.90 Å². The van der Waals surface area contributed by atoms with Crippen LogP contribution in [0, 0.1) is 0 Å². The topological polar surface area (TPSA) is 98.0 Å². The summed E-state index contributed by atoms with van der Waals surface area (Å²) in [5, 5.41) is 9.86. The third-order valence-corrected chi connectivity index (χ3v) is 5.33. The first-order valence-corrected chi connectivity index (χ1v) is 10.3. The summed E-state index contributed by atoms with van der Waals surface area (Å²) < 4.78 is 22.9. The van der Waals surface area contributed by atoms with Gasteiger partial charge in [-0.3, -0.25) is 0 Å². The molecule has 3 aromatic carbocycles. The summed E-state index contributed by atoms with van der Waals surface area (Å²) in [4.78, 5) is 9.34.